The van der Waals surface area contributed by atoms with Crippen LogP contribution in [0.1, 0.15) is 24.0 Å². The van der Waals surface area contributed by atoms with Crippen LogP contribution in [-0.2, 0) is 9.59 Å². The highest BCUT2D eigenvalue weighted by atomic mass is 16.2. The van der Waals surface area contributed by atoms with E-state index in [1.165, 1.54) is 0 Å². The van der Waals surface area contributed by atoms with Crippen LogP contribution in [-0.4, -0.2) is 42.9 Å². The molecule has 23 heavy (non-hydrogen) atoms. The molecular formula is C18H25N3O2. The fourth-order valence-electron chi connectivity index (χ4n) is 3.72. The number of nitrogens with zero attached hydrogens (tertiary/aromatic N) is 2. The van der Waals surface area contributed by atoms with Crippen LogP contribution in [0.3, 0.4) is 0 Å². The van der Waals surface area contributed by atoms with Gasteiger partial charge in [-0.25, -0.2) is 0 Å². The largest absolute Gasteiger partial charge is 0.342 e. The number of hydrogen-bond donors (Lipinski definition) is 1. The van der Waals surface area contributed by atoms with E-state index in [0.29, 0.717) is 32.0 Å². The smallest absolute Gasteiger partial charge is 0.239 e. The van der Waals surface area contributed by atoms with E-state index in [4.69, 9.17) is 5.73 Å². The van der Waals surface area contributed by atoms with Gasteiger partial charge >= 0.3 is 0 Å². The molecule has 1 aromatic carbocycles. The van der Waals surface area contributed by atoms with Gasteiger partial charge in [0.2, 0.25) is 11.8 Å². The first kappa shape index (κ1) is 16.0. The first-order chi connectivity index (χ1) is 11.0. The number of aryl methyl sites for hydroxylation is 2. The monoisotopic (exact) mass is 315 g/mol. The molecule has 2 aliphatic rings. The lowest BCUT2D eigenvalue weighted by Gasteiger charge is -2.21. The third kappa shape index (κ3) is 3.11. The second kappa shape index (κ2) is 6.32. The molecule has 0 unspecified atom stereocenters. The number of benzene rings is 1. The van der Waals surface area contributed by atoms with Crippen LogP contribution in [0.15, 0.2) is 18.2 Å². The molecule has 5 heteroatoms. The molecule has 2 atom stereocenters. The van der Waals surface area contributed by atoms with E-state index in [9.17, 15) is 9.59 Å². The molecular weight excluding hydrogens is 290 g/mol. The molecule has 0 aromatic heterocycles. The highest BCUT2D eigenvalue weighted by Crippen LogP contribution is 2.29. The van der Waals surface area contributed by atoms with E-state index in [1.54, 1.807) is 4.90 Å². The molecule has 5 nitrogen and oxygen atoms in total. The highest BCUT2D eigenvalue weighted by Gasteiger charge is 2.41. The molecule has 0 aliphatic carbocycles. The predicted octanol–water partition coefficient (Wildman–Crippen LogP) is 1.46. The second-order valence-corrected chi connectivity index (χ2v) is 6.85. The Kier molecular flexibility index (Phi) is 4.39. The number of carbonyl (C=O) groups is 2. The Labute approximate surface area is 137 Å². The van der Waals surface area contributed by atoms with Crippen molar-refractivity contribution in [2.45, 2.75) is 26.7 Å². The molecule has 2 aliphatic heterocycles. The molecule has 0 saturated carbocycles. The number of carbonyl (C=O) groups excluding carboxylic acids is 2. The first-order valence-corrected chi connectivity index (χ1v) is 8.38. The lowest BCUT2D eigenvalue weighted by molar-refractivity contribution is -0.139. The van der Waals surface area contributed by atoms with Gasteiger partial charge in [0, 0.05) is 25.3 Å². The summed E-state index contributed by atoms with van der Waals surface area (Å²) in [7, 11) is 0. The summed E-state index contributed by atoms with van der Waals surface area (Å²) in [6.07, 6.45) is 1.55. The maximum absolute atomic E-state index is 12.7. The van der Waals surface area contributed by atoms with Crippen LogP contribution in [0.25, 0.3) is 0 Å². The van der Waals surface area contributed by atoms with E-state index < -0.39 is 5.92 Å². The van der Waals surface area contributed by atoms with Crippen molar-refractivity contribution in [3.05, 3.63) is 29.3 Å². The summed E-state index contributed by atoms with van der Waals surface area (Å²) >= 11 is 0. The van der Waals surface area contributed by atoms with Crippen LogP contribution in [0.2, 0.25) is 0 Å². The van der Waals surface area contributed by atoms with Gasteiger partial charge in [0.15, 0.2) is 0 Å². The van der Waals surface area contributed by atoms with Gasteiger partial charge in [-0.15, -0.1) is 0 Å². The van der Waals surface area contributed by atoms with Crippen molar-refractivity contribution < 1.29 is 9.59 Å². The second-order valence-electron chi connectivity index (χ2n) is 6.85. The molecule has 2 fully saturated rings. The standard InChI is InChI=1S/C18H25N3O2/c1-12-7-13(2)9-15(8-12)21-6-4-16(18(21)23)17(22)20-5-3-14(10-19)11-20/h7-9,14,16H,3-6,10-11,19H2,1-2H3/t14-,16-/m0/s1. The maximum atomic E-state index is 12.7. The molecule has 0 radical (unpaired) electrons. The number of likely N-dealkylation sites (tertiary alicyclic amines) is 1. The summed E-state index contributed by atoms with van der Waals surface area (Å²) in [4.78, 5) is 29.0. The Bertz CT molecular complexity index is 608. The van der Waals surface area contributed by atoms with Crippen LogP contribution in [0.5, 0.6) is 0 Å². The Balaban J connectivity index is 1.72. The maximum Gasteiger partial charge on any atom is 0.239 e. The third-order valence-corrected chi connectivity index (χ3v) is 4.95. The molecule has 124 valence electrons. The SMILES string of the molecule is Cc1cc(C)cc(N2CC[C@@H](C(=O)N3CC[C@@H](CN)C3)C2=O)c1. The average Bonchev–Trinajstić information content (AvgIpc) is 3.12. The molecule has 3 rings (SSSR count). The van der Waals surface area contributed by atoms with E-state index in [0.717, 1.165) is 29.8 Å². The predicted molar refractivity (Wildman–Crippen MR) is 90.1 cm³/mol. The number of amides is 2. The zero-order valence-electron chi connectivity index (χ0n) is 13.9. The number of hydrogen-bond acceptors (Lipinski definition) is 3. The summed E-state index contributed by atoms with van der Waals surface area (Å²) < 4.78 is 0. The summed E-state index contributed by atoms with van der Waals surface area (Å²) in [5, 5.41) is 0. The average molecular weight is 315 g/mol. The molecule has 0 bridgehead atoms. The van der Waals surface area contributed by atoms with Gasteiger partial charge in [-0.2, -0.15) is 0 Å². The van der Waals surface area contributed by atoms with Crippen molar-refractivity contribution in [2.75, 3.05) is 31.1 Å². The van der Waals surface area contributed by atoms with Gasteiger partial charge in [-0.3, -0.25) is 9.59 Å². The van der Waals surface area contributed by atoms with Crippen molar-refractivity contribution in [1.29, 1.82) is 0 Å². The number of anilines is 1. The minimum atomic E-state index is -0.521. The van der Waals surface area contributed by atoms with E-state index in [2.05, 4.69) is 6.07 Å². The zero-order valence-corrected chi connectivity index (χ0v) is 13.9. The zero-order chi connectivity index (χ0) is 16.6. The lowest BCUT2D eigenvalue weighted by atomic mass is 10.1. The lowest BCUT2D eigenvalue weighted by Crippen LogP contribution is -2.39. The summed E-state index contributed by atoms with van der Waals surface area (Å²) in [6, 6.07) is 6.11. The topological polar surface area (TPSA) is 66.6 Å². The molecule has 1 aromatic rings. The van der Waals surface area contributed by atoms with Crippen molar-refractivity contribution in [2.24, 2.45) is 17.6 Å². The van der Waals surface area contributed by atoms with E-state index >= 15 is 0 Å². The molecule has 2 N–H and O–H groups in total. The highest BCUT2D eigenvalue weighted by molar-refractivity contribution is 6.09. The fourth-order valence-corrected chi connectivity index (χ4v) is 3.72. The number of rotatable bonds is 3. The van der Waals surface area contributed by atoms with Gasteiger partial charge in [-0.1, -0.05) is 6.07 Å². The Morgan fingerprint density at radius 2 is 1.87 bits per heavy atom. The van der Waals surface area contributed by atoms with Crippen molar-refractivity contribution in [3.63, 3.8) is 0 Å². The molecule has 2 amide bonds. The minimum Gasteiger partial charge on any atom is -0.342 e. The van der Waals surface area contributed by atoms with Crippen molar-refractivity contribution in [1.82, 2.24) is 4.90 Å². The van der Waals surface area contributed by atoms with E-state index in [1.807, 2.05) is 30.9 Å². The first-order valence-electron chi connectivity index (χ1n) is 8.38. The normalized spacial score (nSPS) is 24.6. The summed E-state index contributed by atoms with van der Waals surface area (Å²) in [6.45, 7) is 6.70. The van der Waals surface area contributed by atoms with Gasteiger partial charge in [0.1, 0.15) is 5.92 Å². The summed E-state index contributed by atoms with van der Waals surface area (Å²) in [5.74, 6) is -0.215. The Hall–Kier alpha value is -1.88. The van der Waals surface area contributed by atoms with Gasteiger partial charge in [0.05, 0.1) is 0 Å². The summed E-state index contributed by atoms with van der Waals surface area (Å²) in [5.41, 5.74) is 8.86. The van der Waals surface area contributed by atoms with Crippen LogP contribution >= 0.6 is 0 Å². The van der Waals surface area contributed by atoms with Crippen LogP contribution < -0.4 is 10.6 Å². The molecule has 2 heterocycles. The minimum absolute atomic E-state index is 0.0159. The fraction of sp³-hybridized carbons (Fsp3) is 0.556. The quantitative estimate of drug-likeness (QED) is 0.859. The van der Waals surface area contributed by atoms with Crippen molar-refractivity contribution in [3.8, 4) is 0 Å². The molecule has 0 spiro atoms. The van der Waals surface area contributed by atoms with Crippen molar-refractivity contribution >= 4 is 17.5 Å². The van der Waals surface area contributed by atoms with E-state index in [-0.39, 0.29) is 11.8 Å². The molecule has 2 saturated heterocycles. The van der Waals surface area contributed by atoms with Crippen LogP contribution in [0, 0.1) is 25.7 Å². The Morgan fingerprint density at radius 1 is 1.17 bits per heavy atom. The van der Waals surface area contributed by atoms with Gasteiger partial charge in [-0.05, 0) is 62.4 Å². The third-order valence-electron chi connectivity index (χ3n) is 4.95. The van der Waals surface area contributed by atoms with Crippen LogP contribution in [0.4, 0.5) is 5.69 Å². The Morgan fingerprint density at radius 3 is 2.48 bits per heavy atom. The van der Waals surface area contributed by atoms with Gasteiger partial charge in [0.25, 0.3) is 0 Å². The van der Waals surface area contributed by atoms with Gasteiger partial charge < -0.3 is 15.5 Å². The number of nitrogens with two attached hydrogens (primary N) is 1.